The van der Waals surface area contributed by atoms with E-state index in [1.165, 1.54) is 12.1 Å². The van der Waals surface area contributed by atoms with Crippen LogP contribution >= 0.6 is 0 Å². The smallest absolute Gasteiger partial charge is 0.254 e. The Balaban J connectivity index is 2.13. The van der Waals surface area contributed by atoms with Crippen molar-refractivity contribution in [3.8, 4) is 0 Å². The highest BCUT2D eigenvalue weighted by Gasteiger charge is 2.22. The number of carbonyl (C=O) groups excluding carboxylic acids is 2. The fourth-order valence-electron chi connectivity index (χ4n) is 2.33. The second kappa shape index (κ2) is 7.56. The van der Waals surface area contributed by atoms with Crippen molar-refractivity contribution < 1.29 is 18.0 Å². The van der Waals surface area contributed by atoms with Gasteiger partial charge in [-0.2, -0.15) is 0 Å². The van der Waals surface area contributed by atoms with Crippen LogP contribution < -0.4 is 4.72 Å². The van der Waals surface area contributed by atoms with E-state index in [-0.39, 0.29) is 10.8 Å². The van der Waals surface area contributed by atoms with Crippen molar-refractivity contribution in [2.24, 2.45) is 0 Å². The molecule has 1 fully saturated rings. The van der Waals surface area contributed by atoms with Crippen LogP contribution in [0.25, 0.3) is 0 Å². The van der Waals surface area contributed by atoms with Crippen LogP contribution in [0.4, 0.5) is 0 Å². The van der Waals surface area contributed by atoms with Crippen molar-refractivity contribution in [3.05, 3.63) is 29.8 Å². The van der Waals surface area contributed by atoms with Crippen LogP contribution in [0, 0.1) is 0 Å². The summed E-state index contributed by atoms with van der Waals surface area (Å²) in [6, 6.07) is 6.04. The number of hydrogen-bond donors (Lipinski definition) is 1. The second-order valence-electron chi connectivity index (χ2n) is 5.36. The van der Waals surface area contributed by atoms with Gasteiger partial charge in [-0.25, -0.2) is 13.1 Å². The zero-order chi connectivity index (χ0) is 16.9. The number of hydrogen-bond acceptors (Lipinski definition) is 4. The predicted octanol–water partition coefficient (Wildman–Crippen LogP) is 0.289. The number of benzene rings is 1. The van der Waals surface area contributed by atoms with E-state index in [1.807, 2.05) is 6.92 Å². The summed E-state index contributed by atoms with van der Waals surface area (Å²) in [5, 5.41) is 0. The van der Waals surface area contributed by atoms with Crippen LogP contribution in [0.2, 0.25) is 0 Å². The molecule has 1 N–H and O–H groups in total. The molecule has 0 aliphatic carbocycles. The van der Waals surface area contributed by atoms with Gasteiger partial charge in [0.05, 0.1) is 4.90 Å². The summed E-state index contributed by atoms with van der Waals surface area (Å²) in [7, 11) is -3.60. The topological polar surface area (TPSA) is 86.8 Å². The molecule has 2 amide bonds. The van der Waals surface area contributed by atoms with Gasteiger partial charge in [-0.1, -0.05) is 13.0 Å². The standard InChI is InChI=1S/C15H21N3O4S/c1-2-6-16-23(21,22)14-5-3-4-13(11-14)15(20)18-9-7-17(12-19)8-10-18/h3-5,11-12,16H,2,6-10H2,1H3. The Kier molecular flexibility index (Phi) is 5.73. The van der Waals surface area contributed by atoms with E-state index in [2.05, 4.69) is 4.72 Å². The molecule has 1 aliphatic rings. The molecule has 1 heterocycles. The Labute approximate surface area is 136 Å². The molecule has 8 heteroatoms. The Morgan fingerprint density at radius 1 is 1.26 bits per heavy atom. The molecule has 1 aromatic rings. The lowest BCUT2D eigenvalue weighted by atomic mass is 10.2. The van der Waals surface area contributed by atoms with E-state index >= 15 is 0 Å². The lowest BCUT2D eigenvalue weighted by Crippen LogP contribution is -2.48. The maximum Gasteiger partial charge on any atom is 0.254 e. The lowest BCUT2D eigenvalue weighted by molar-refractivity contribution is -0.119. The first-order valence-electron chi connectivity index (χ1n) is 7.56. The first-order chi connectivity index (χ1) is 11.0. The van der Waals surface area contributed by atoms with Crippen molar-refractivity contribution >= 4 is 22.3 Å². The van der Waals surface area contributed by atoms with E-state index in [9.17, 15) is 18.0 Å². The van der Waals surface area contributed by atoms with Crippen molar-refractivity contribution in [3.63, 3.8) is 0 Å². The molecule has 126 valence electrons. The monoisotopic (exact) mass is 339 g/mol. The summed E-state index contributed by atoms with van der Waals surface area (Å²) in [4.78, 5) is 26.5. The van der Waals surface area contributed by atoms with Crippen molar-refractivity contribution in [2.45, 2.75) is 18.2 Å². The summed E-state index contributed by atoms with van der Waals surface area (Å²) < 4.78 is 26.8. The third kappa shape index (κ3) is 4.29. The van der Waals surface area contributed by atoms with Gasteiger partial charge in [-0.05, 0) is 24.6 Å². The molecule has 0 bridgehead atoms. The molecule has 23 heavy (non-hydrogen) atoms. The highest BCUT2D eigenvalue weighted by molar-refractivity contribution is 7.89. The number of carbonyl (C=O) groups is 2. The highest BCUT2D eigenvalue weighted by Crippen LogP contribution is 2.14. The van der Waals surface area contributed by atoms with Crippen LogP contribution in [-0.4, -0.2) is 63.3 Å². The van der Waals surface area contributed by atoms with Crippen LogP contribution in [0.3, 0.4) is 0 Å². The number of nitrogens with one attached hydrogen (secondary N) is 1. The van der Waals surface area contributed by atoms with E-state index in [0.717, 1.165) is 6.41 Å². The normalized spacial score (nSPS) is 15.5. The minimum atomic E-state index is -3.60. The molecule has 0 saturated carbocycles. The summed E-state index contributed by atoms with van der Waals surface area (Å²) in [6.07, 6.45) is 1.47. The Bertz CT molecular complexity index is 667. The SMILES string of the molecule is CCCNS(=O)(=O)c1cccc(C(=O)N2CCN(C=O)CC2)c1. The fraction of sp³-hybridized carbons (Fsp3) is 0.467. The first-order valence-corrected chi connectivity index (χ1v) is 9.04. The fourth-order valence-corrected chi connectivity index (χ4v) is 3.51. The molecule has 0 aromatic heterocycles. The number of amides is 2. The first kappa shape index (κ1) is 17.4. The van der Waals surface area contributed by atoms with E-state index < -0.39 is 10.0 Å². The summed E-state index contributed by atoms with van der Waals surface area (Å²) in [5.41, 5.74) is 0.337. The van der Waals surface area contributed by atoms with Gasteiger partial charge in [0, 0.05) is 38.3 Å². The third-order valence-electron chi connectivity index (χ3n) is 3.68. The molecule has 0 atom stereocenters. The number of rotatable bonds is 6. The van der Waals surface area contributed by atoms with Gasteiger partial charge in [0.1, 0.15) is 0 Å². The molecule has 1 aromatic carbocycles. The molecule has 0 spiro atoms. The van der Waals surface area contributed by atoms with Gasteiger partial charge in [0.25, 0.3) is 5.91 Å². The van der Waals surface area contributed by atoms with Gasteiger partial charge in [0.2, 0.25) is 16.4 Å². The number of nitrogens with zero attached hydrogens (tertiary/aromatic N) is 2. The van der Waals surface area contributed by atoms with Gasteiger partial charge in [-0.15, -0.1) is 0 Å². The maximum atomic E-state index is 12.5. The van der Waals surface area contributed by atoms with Gasteiger partial charge in [0.15, 0.2) is 0 Å². The van der Waals surface area contributed by atoms with Crippen molar-refractivity contribution in [2.75, 3.05) is 32.7 Å². The van der Waals surface area contributed by atoms with Crippen molar-refractivity contribution in [1.82, 2.24) is 14.5 Å². The molecule has 1 saturated heterocycles. The average molecular weight is 339 g/mol. The van der Waals surface area contributed by atoms with Gasteiger partial charge >= 0.3 is 0 Å². The molecule has 0 radical (unpaired) electrons. The number of sulfonamides is 1. The minimum absolute atomic E-state index is 0.0864. The quantitative estimate of drug-likeness (QED) is 0.755. The van der Waals surface area contributed by atoms with E-state index in [1.54, 1.807) is 21.9 Å². The molecule has 1 aliphatic heterocycles. The zero-order valence-electron chi connectivity index (χ0n) is 13.1. The van der Waals surface area contributed by atoms with Crippen LogP contribution in [0.15, 0.2) is 29.2 Å². The van der Waals surface area contributed by atoms with Gasteiger partial charge < -0.3 is 9.80 Å². The molecule has 7 nitrogen and oxygen atoms in total. The Hall–Kier alpha value is -1.93. The molecule has 0 unspecified atom stereocenters. The lowest BCUT2D eigenvalue weighted by Gasteiger charge is -2.32. The largest absolute Gasteiger partial charge is 0.342 e. The average Bonchev–Trinajstić information content (AvgIpc) is 2.59. The molecular weight excluding hydrogens is 318 g/mol. The second-order valence-corrected chi connectivity index (χ2v) is 7.13. The van der Waals surface area contributed by atoms with E-state index in [4.69, 9.17) is 0 Å². The van der Waals surface area contributed by atoms with Crippen LogP contribution in [0.5, 0.6) is 0 Å². The van der Waals surface area contributed by atoms with Gasteiger partial charge in [-0.3, -0.25) is 9.59 Å². The Morgan fingerprint density at radius 3 is 2.57 bits per heavy atom. The zero-order valence-corrected chi connectivity index (χ0v) is 13.9. The number of piperazine rings is 1. The highest BCUT2D eigenvalue weighted by atomic mass is 32.2. The predicted molar refractivity (Wildman–Crippen MR) is 85.5 cm³/mol. The van der Waals surface area contributed by atoms with Crippen molar-refractivity contribution in [1.29, 1.82) is 0 Å². The summed E-state index contributed by atoms with van der Waals surface area (Å²) >= 11 is 0. The Morgan fingerprint density at radius 2 is 1.96 bits per heavy atom. The van der Waals surface area contributed by atoms with E-state index in [0.29, 0.717) is 44.7 Å². The third-order valence-corrected chi connectivity index (χ3v) is 5.14. The maximum absolute atomic E-state index is 12.5. The van der Waals surface area contributed by atoms with Crippen LogP contribution in [-0.2, 0) is 14.8 Å². The van der Waals surface area contributed by atoms with Crippen LogP contribution in [0.1, 0.15) is 23.7 Å². The molecule has 2 rings (SSSR count). The molecular formula is C15H21N3O4S. The summed E-state index contributed by atoms with van der Waals surface area (Å²) in [6.45, 7) is 4.11. The summed E-state index contributed by atoms with van der Waals surface area (Å²) in [5.74, 6) is -0.219. The minimum Gasteiger partial charge on any atom is -0.342 e.